The molecule has 0 fully saturated rings. The van der Waals surface area contributed by atoms with Crippen molar-refractivity contribution in [3.05, 3.63) is 0 Å². The van der Waals surface area contributed by atoms with Crippen LogP contribution in [-0.2, 0) is 8.62 Å². The van der Waals surface area contributed by atoms with E-state index in [1.54, 1.807) is 0 Å². The Morgan fingerprint density at radius 1 is 1.18 bits per heavy atom. The molecule has 0 bridgehead atoms. The van der Waals surface area contributed by atoms with Gasteiger partial charge < -0.3 is 3.83 Å². The zero-order valence-corrected chi connectivity index (χ0v) is 9.28. The molecule has 0 atom stereocenters. The van der Waals surface area contributed by atoms with Gasteiger partial charge in [0.15, 0.2) is 16.3 Å². The average molecular weight is 223 g/mol. The van der Waals surface area contributed by atoms with E-state index in [2.05, 4.69) is 20.1 Å². The first-order valence-electron chi connectivity index (χ1n) is 3.56. The quantitative estimate of drug-likeness (QED) is 0.683. The first-order valence-corrected chi connectivity index (χ1v) is 4.21. The molecular weight excluding hydrogens is 208 g/mol. The van der Waals surface area contributed by atoms with Gasteiger partial charge in [0.05, 0.1) is 5.41 Å². The highest BCUT2D eigenvalue weighted by Crippen LogP contribution is 2.39. The fourth-order valence-corrected chi connectivity index (χ4v) is 0.807. The number of carbonyl (C=O) groups excluding carboxylic acids is 1. The number of carbonyl (C=O) groups is 1. The first kappa shape index (κ1) is 11.0. The Bertz CT molecular complexity index is 156. The molecule has 0 aliphatic rings. The van der Waals surface area contributed by atoms with Gasteiger partial charge in [-0.2, -0.15) is 0 Å². The molecule has 0 saturated heterocycles. The maximum absolute atomic E-state index is 11.2. The average Bonchev–Trinajstić information content (AvgIpc) is 1.83. The lowest BCUT2D eigenvalue weighted by molar-refractivity contribution is -0.147. The number of rotatable bonds is 1. The smallest absolute Gasteiger partial charge is 0.323 e. The van der Waals surface area contributed by atoms with E-state index in [0.29, 0.717) is 0 Å². The molecule has 0 heterocycles. The van der Waals surface area contributed by atoms with Crippen molar-refractivity contribution in [2.45, 2.75) is 34.6 Å². The van der Waals surface area contributed by atoms with Crippen molar-refractivity contribution < 1.29 is 8.62 Å². The molecule has 66 valence electrons. The van der Waals surface area contributed by atoms with Gasteiger partial charge in [-0.15, -0.1) is 0 Å². The van der Waals surface area contributed by atoms with Crippen LogP contribution in [0.4, 0.5) is 0 Å². The summed E-state index contributed by atoms with van der Waals surface area (Å²) < 4.78 is 4.52. The van der Waals surface area contributed by atoms with Crippen LogP contribution in [0.2, 0.25) is 0 Å². The summed E-state index contributed by atoms with van der Waals surface area (Å²) in [6.07, 6.45) is 0. The third-order valence-corrected chi connectivity index (χ3v) is 2.75. The lowest BCUT2D eigenvalue weighted by Crippen LogP contribution is -2.37. The lowest BCUT2D eigenvalue weighted by Gasteiger charge is -2.35. The van der Waals surface area contributed by atoms with Gasteiger partial charge in [-0.25, -0.2) is 0 Å². The summed E-state index contributed by atoms with van der Waals surface area (Å²) in [5, 5.41) is 0. The highest BCUT2D eigenvalue weighted by Gasteiger charge is 2.41. The molecule has 0 aliphatic heterocycles. The van der Waals surface area contributed by atoms with E-state index in [9.17, 15) is 4.79 Å². The van der Waals surface area contributed by atoms with Gasteiger partial charge >= 0.3 is 5.97 Å². The van der Waals surface area contributed by atoms with Gasteiger partial charge in [0.25, 0.3) is 0 Å². The Hall–Kier alpha value is -0.0500. The molecule has 0 radical (unpaired) electrons. The Balaban J connectivity index is 4.59. The predicted octanol–water partition coefficient (Wildman–Crippen LogP) is 2.91. The predicted molar refractivity (Wildman–Crippen MR) is 48.3 cm³/mol. The van der Waals surface area contributed by atoms with Crippen LogP contribution in [0.5, 0.6) is 0 Å². The molecule has 11 heavy (non-hydrogen) atoms. The van der Waals surface area contributed by atoms with Crippen molar-refractivity contribution in [3.63, 3.8) is 0 Å². The van der Waals surface area contributed by atoms with E-state index in [4.69, 9.17) is 0 Å². The fraction of sp³-hybridized carbons (Fsp3) is 0.875. The van der Waals surface area contributed by atoms with Crippen LogP contribution < -0.4 is 0 Å². The summed E-state index contributed by atoms with van der Waals surface area (Å²) in [7, 11) is 0. The van der Waals surface area contributed by atoms with E-state index >= 15 is 0 Å². The SMILES string of the molecule is CC(C)(C)C(C)(C)C(=O)OBr. The summed E-state index contributed by atoms with van der Waals surface area (Å²) in [4.78, 5) is 11.2. The molecule has 0 N–H and O–H groups in total. The van der Waals surface area contributed by atoms with Gasteiger partial charge in [-0.3, -0.25) is 4.79 Å². The van der Waals surface area contributed by atoms with Gasteiger partial charge in [0, 0.05) is 0 Å². The van der Waals surface area contributed by atoms with Gasteiger partial charge in [0.1, 0.15) is 0 Å². The molecule has 2 nitrogen and oxygen atoms in total. The minimum Gasteiger partial charge on any atom is -0.383 e. The molecule has 0 amide bonds. The number of halogens is 1. The van der Waals surface area contributed by atoms with Gasteiger partial charge in [0.2, 0.25) is 0 Å². The zero-order chi connectivity index (χ0) is 9.28. The van der Waals surface area contributed by atoms with E-state index in [0.717, 1.165) is 0 Å². The lowest BCUT2D eigenvalue weighted by atomic mass is 9.69. The van der Waals surface area contributed by atoms with Crippen molar-refractivity contribution >= 4 is 22.2 Å². The van der Waals surface area contributed by atoms with E-state index < -0.39 is 5.41 Å². The van der Waals surface area contributed by atoms with E-state index in [-0.39, 0.29) is 11.4 Å². The second-order valence-electron chi connectivity index (χ2n) is 4.24. The van der Waals surface area contributed by atoms with Crippen molar-refractivity contribution in [2.75, 3.05) is 0 Å². The summed E-state index contributed by atoms with van der Waals surface area (Å²) in [5.74, 6) is -0.231. The summed E-state index contributed by atoms with van der Waals surface area (Å²) in [6.45, 7) is 9.78. The van der Waals surface area contributed by atoms with E-state index in [1.807, 2.05) is 34.6 Å². The molecule has 3 heteroatoms. The van der Waals surface area contributed by atoms with Crippen LogP contribution in [0.1, 0.15) is 34.6 Å². The molecule has 0 aromatic carbocycles. The summed E-state index contributed by atoms with van der Waals surface area (Å²) in [5.41, 5.74) is -0.547. The Labute approximate surface area is 76.8 Å². The van der Waals surface area contributed by atoms with Gasteiger partial charge in [-0.05, 0) is 19.3 Å². The fourth-order valence-electron chi connectivity index (χ4n) is 0.403. The molecule has 0 unspecified atom stereocenters. The van der Waals surface area contributed by atoms with Crippen LogP contribution in [0.3, 0.4) is 0 Å². The Morgan fingerprint density at radius 2 is 1.55 bits per heavy atom. The molecule has 0 aromatic heterocycles. The molecule has 0 rings (SSSR count). The Morgan fingerprint density at radius 3 is 1.64 bits per heavy atom. The maximum atomic E-state index is 11.2. The third kappa shape index (κ3) is 2.19. The number of hydrogen-bond acceptors (Lipinski definition) is 2. The van der Waals surface area contributed by atoms with Crippen LogP contribution in [0, 0.1) is 10.8 Å². The zero-order valence-electron chi connectivity index (χ0n) is 7.69. The molecule has 0 aromatic rings. The second kappa shape index (κ2) is 3.13. The van der Waals surface area contributed by atoms with Crippen LogP contribution in [0.15, 0.2) is 0 Å². The van der Waals surface area contributed by atoms with Crippen molar-refractivity contribution in [2.24, 2.45) is 10.8 Å². The van der Waals surface area contributed by atoms with Crippen LogP contribution in [0.25, 0.3) is 0 Å². The molecule has 0 spiro atoms. The topological polar surface area (TPSA) is 26.3 Å². The maximum Gasteiger partial charge on any atom is 0.323 e. The highest BCUT2D eigenvalue weighted by atomic mass is 79.9. The third-order valence-electron chi connectivity index (χ3n) is 2.46. The standard InChI is InChI=1S/C8H15BrO2/c1-7(2,3)8(4,5)6(10)11-9/h1-5H3. The highest BCUT2D eigenvalue weighted by molar-refractivity contribution is 9.06. The molecule has 0 saturated carbocycles. The van der Waals surface area contributed by atoms with Crippen molar-refractivity contribution in [3.8, 4) is 0 Å². The first-order chi connectivity index (χ1) is 4.73. The summed E-state index contributed by atoms with van der Waals surface area (Å²) >= 11 is 2.69. The normalized spacial score (nSPS) is 12.9. The Kier molecular flexibility index (Phi) is 3.12. The van der Waals surface area contributed by atoms with Crippen LogP contribution in [-0.4, -0.2) is 5.97 Å². The van der Waals surface area contributed by atoms with Crippen LogP contribution >= 0.6 is 16.3 Å². The monoisotopic (exact) mass is 222 g/mol. The molecule has 0 aliphatic carbocycles. The van der Waals surface area contributed by atoms with Crippen molar-refractivity contribution in [1.82, 2.24) is 0 Å². The number of hydrogen-bond donors (Lipinski definition) is 0. The van der Waals surface area contributed by atoms with Crippen molar-refractivity contribution in [1.29, 1.82) is 0 Å². The second-order valence-corrected chi connectivity index (χ2v) is 4.56. The summed E-state index contributed by atoms with van der Waals surface area (Å²) in [6, 6.07) is 0. The van der Waals surface area contributed by atoms with E-state index in [1.165, 1.54) is 0 Å². The van der Waals surface area contributed by atoms with Gasteiger partial charge in [-0.1, -0.05) is 20.8 Å². The largest absolute Gasteiger partial charge is 0.383 e. The minimum absolute atomic E-state index is 0.0855. The molecular formula is C8H15BrO2. The minimum atomic E-state index is -0.462.